The lowest BCUT2D eigenvalue weighted by atomic mass is 9.97. The number of carbonyl (C=O) groups is 1. The Morgan fingerprint density at radius 1 is 0.892 bits per heavy atom. The first-order valence-corrected chi connectivity index (χ1v) is 12.6. The number of hydrogen-bond acceptors (Lipinski definition) is 17. The lowest BCUT2D eigenvalue weighted by molar-refractivity contribution is -0.368. The first-order chi connectivity index (χ1) is 17.3. The second-order valence-electron chi connectivity index (χ2n) is 8.35. The summed E-state index contributed by atoms with van der Waals surface area (Å²) in [5.41, 5.74) is 5.26. The van der Waals surface area contributed by atoms with Gasteiger partial charge in [-0.05, 0) is 0 Å². The molecule has 19 heteroatoms. The van der Waals surface area contributed by atoms with Crippen LogP contribution < -0.4 is 5.73 Å². The number of phosphoric ester groups is 1. The van der Waals surface area contributed by atoms with Crippen molar-refractivity contribution < 1.29 is 83.1 Å². The molecule has 2 aliphatic rings. The van der Waals surface area contributed by atoms with E-state index in [0.717, 1.165) is 0 Å². The van der Waals surface area contributed by atoms with Crippen LogP contribution in [0.3, 0.4) is 0 Å². The van der Waals surface area contributed by atoms with Crippen molar-refractivity contribution in [2.75, 3.05) is 33.0 Å². The molecule has 0 spiro atoms. The fourth-order valence-electron chi connectivity index (χ4n) is 3.34. The SMILES string of the molecule is N[C@H](C=O)COP(=O)(O)OC[C@H]1O[C@H](O[C@H]2[C@@H](OCC(O)CO)O[C@H](CO)[C@@H](O)[C@@H]2O)[C@H](O)[C@@H](O)[C@H]1O. The van der Waals surface area contributed by atoms with Crippen molar-refractivity contribution in [1.29, 1.82) is 0 Å². The van der Waals surface area contributed by atoms with E-state index in [1.165, 1.54) is 0 Å². The molecule has 37 heavy (non-hydrogen) atoms. The van der Waals surface area contributed by atoms with Crippen molar-refractivity contribution in [3.63, 3.8) is 0 Å². The molecule has 2 heterocycles. The van der Waals surface area contributed by atoms with Crippen LogP contribution in [0.25, 0.3) is 0 Å². The minimum atomic E-state index is -4.80. The summed E-state index contributed by atoms with van der Waals surface area (Å²) < 4.78 is 42.6. The number of nitrogens with two attached hydrogens (primary N) is 1. The maximum absolute atomic E-state index is 12.0. The quantitative estimate of drug-likeness (QED) is 0.0689. The largest absolute Gasteiger partial charge is 0.472 e. The van der Waals surface area contributed by atoms with E-state index in [-0.39, 0.29) is 6.29 Å². The van der Waals surface area contributed by atoms with E-state index < -0.39 is 114 Å². The molecular formula is C18H34NO17P. The number of aliphatic hydroxyl groups is 8. The fourth-order valence-corrected chi connectivity index (χ4v) is 4.11. The van der Waals surface area contributed by atoms with Gasteiger partial charge in [0.15, 0.2) is 12.6 Å². The summed E-state index contributed by atoms with van der Waals surface area (Å²) in [5, 5.41) is 79.3. The van der Waals surface area contributed by atoms with Crippen LogP contribution in [0.1, 0.15) is 0 Å². The molecule has 0 radical (unpaired) electrons. The monoisotopic (exact) mass is 567 g/mol. The fraction of sp³-hybridized carbons (Fsp3) is 0.944. The first-order valence-electron chi connectivity index (χ1n) is 11.1. The molecule has 2 saturated heterocycles. The number of aldehydes is 1. The van der Waals surface area contributed by atoms with E-state index in [9.17, 15) is 50.0 Å². The second kappa shape index (κ2) is 14.6. The van der Waals surface area contributed by atoms with E-state index in [2.05, 4.69) is 9.05 Å². The van der Waals surface area contributed by atoms with Gasteiger partial charge in [-0.3, -0.25) is 9.05 Å². The molecule has 0 bridgehead atoms. The molecule has 2 aliphatic heterocycles. The highest BCUT2D eigenvalue weighted by Gasteiger charge is 2.51. The lowest BCUT2D eigenvalue weighted by Crippen LogP contribution is -2.64. The summed E-state index contributed by atoms with van der Waals surface area (Å²) in [5.74, 6) is 0. The van der Waals surface area contributed by atoms with Crippen molar-refractivity contribution in [2.24, 2.45) is 5.73 Å². The van der Waals surface area contributed by atoms with Crippen LogP contribution in [0.2, 0.25) is 0 Å². The molecule has 0 aromatic carbocycles. The molecule has 18 nitrogen and oxygen atoms in total. The van der Waals surface area contributed by atoms with Gasteiger partial charge in [0, 0.05) is 0 Å². The topological polar surface area (TPSA) is 298 Å². The van der Waals surface area contributed by atoms with Gasteiger partial charge in [-0.1, -0.05) is 0 Å². The normalized spacial score (nSPS) is 40.1. The predicted molar refractivity (Wildman–Crippen MR) is 114 cm³/mol. The number of ether oxygens (including phenoxy) is 4. The summed E-state index contributed by atoms with van der Waals surface area (Å²) in [6, 6.07) is -1.21. The summed E-state index contributed by atoms with van der Waals surface area (Å²) in [6.07, 6.45) is -18.5. The highest BCUT2D eigenvalue weighted by atomic mass is 31.2. The Hall–Kier alpha value is -0.740. The molecule has 0 aromatic heterocycles. The van der Waals surface area contributed by atoms with Crippen molar-refractivity contribution in [3.05, 3.63) is 0 Å². The van der Waals surface area contributed by atoms with E-state index in [0.29, 0.717) is 0 Å². The zero-order chi connectivity index (χ0) is 27.9. The molecule has 0 aliphatic carbocycles. The number of phosphoric acid groups is 1. The Labute approximate surface area is 210 Å². The van der Waals surface area contributed by atoms with Crippen LogP contribution in [-0.2, 0) is 37.4 Å². The predicted octanol–water partition coefficient (Wildman–Crippen LogP) is -6.35. The molecule has 0 amide bonds. The molecule has 11 N–H and O–H groups in total. The van der Waals surface area contributed by atoms with Gasteiger partial charge in [0.2, 0.25) is 0 Å². The first kappa shape index (κ1) is 32.5. The highest BCUT2D eigenvalue weighted by Crippen LogP contribution is 2.44. The third-order valence-corrected chi connectivity index (χ3v) is 6.41. The van der Waals surface area contributed by atoms with Crippen LogP contribution in [-0.4, -0.2) is 159 Å². The summed E-state index contributed by atoms with van der Waals surface area (Å²) in [4.78, 5) is 20.2. The van der Waals surface area contributed by atoms with Gasteiger partial charge in [0.1, 0.15) is 61.2 Å². The van der Waals surface area contributed by atoms with E-state index in [4.69, 9.17) is 29.8 Å². The second-order valence-corrected chi connectivity index (χ2v) is 9.81. The Morgan fingerprint density at radius 3 is 2.11 bits per heavy atom. The standard InChI is InChI=1S/C18H34NO17P/c19-7(1-20)4-32-37(29,30)33-6-10-12(25)13(26)15(28)17(35-10)36-16-14(27)11(24)9(3-22)34-18(16)31-5-8(23)2-21/h1,7-18,21-28H,2-6,19H2,(H,29,30)/t7-,8?,9-,10-,11-,12+,13+,14+,15-,16-,17-,18+/m1/s1. The maximum Gasteiger partial charge on any atom is 0.472 e. The Morgan fingerprint density at radius 2 is 1.51 bits per heavy atom. The number of hydrogen-bond donors (Lipinski definition) is 10. The van der Waals surface area contributed by atoms with E-state index in [1.54, 1.807) is 0 Å². The van der Waals surface area contributed by atoms with Crippen LogP contribution in [0.15, 0.2) is 0 Å². The van der Waals surface area contributed by atoms with Gasteiger partial charge in [-0.15, -0.1) is 0 Å². The van der Waals surface area contributed by atoms with Gasteiger partial charge >= 0.3 is 7.82 Å². The maximum atomic E-state index is 12.0. The number of carbonyl (C=O) groups excluding carboxylic acids is 1. The Kier molecular flexibility index (Phi) is 12.8. The van der Waals surface area contributed by atoms with Crippen LogP contribution in [0, 0.1) is 0 Å². The zero-order valence-corrected chi connectivity index (χ0v) is 20.3. The Balaban J connectivity index is 2.12. The summed E-state index contributed by atoms with van der Waals surface area (Å²) >= 11 is 0. The lowest BCUT2D eigenvalue weighted by Gasteiger charge is -2.46. The third kappa shape index (κ3) is 8.88. The molecule has 2 fully saturated rings. The van der Waals surface area contributed by atoms with Gasteiger partial charge in [0.05, 0.1) is 39.1 Å². The van der Waals surface area contributed by atoms with Crippen molar-refractivity contribution in [3.8, 4) is 0 Å². The molecule has 218 valence electrons. The molecule has 0 saturated carbocycles. The number of rotatable bonds is 14. The summed E-state index contributed by atoms with van der Waals surface area (Å²) in [6.45, 7) is -3.53. The Bertz CT molecular complexity index is 749. The molecule has 2 unspecified atom stereocenters. The van der Waals surface area contributed by atoms with Gasteiger partial charge in [0.25, 0.3) is 0 Å². The van der Waals surface area contributed by atoms with Gasteiger partial charge < -0.3 is 75.2 Å². The van der Waals surface area contributed by atoms with Crippen LogP contribution in [0.4, 0.5) is 0 Å². The average molecular weight is 567 g/mol. The minimum absolute atomic E-state index is 0.262. The van der Waals surface area contributed by atoms with E-state index >= 15 is 0 Å². The van der Waals surface area contributed by atoms with Crippen molar-refractivity contribution >= 4 is 14.1 Å². The molecule has 13 atom stereocenters. The third-order valence-electron chi connectivity index (χ3n) is 5.45. The van der Waals surface area contributed by atoms with Crippen LogP contribution >= 0.6 is 7.82 Å². The smallest absolute Gasteiger partial charge is 0.394 e. The van der Waals surface area contributed by atoms with Gasteiger partial charge in [-0.25, -0.2) is 4.57 Å². The zero-order valence-electron chi connectivity index (χ0n) is 19.4. The molecular weight excluding hydrogens is 533 g/mol. The van der Waals surface area contributed by atoms with Crippen molar-refractivity contribution in [1.82, 2.24) is 0 Å². The number of aliphatic hydroxyl groups excluding tert-OH is 8. The molecule has 2 rings (SSSR count). The van der Waals surface area contributed by atoms with E-state index in [1.807, 2.05) is 0 Å². The average Bonchev–Trinajstić information content (AvgIpc) is 2.88. The molecule has 0 aromatic rings. The van der Waals surface area contributed by atoms with Crippen molar-refractivity contribution in [2.45, 2.75) is 73.6 Å². The van der Waals surface area contributed by atoms with Gasteiger partial charge in [-0.2, -0.15) is 0 Å². The van der Waals surface area contributed by atoms with Crippen LogP contribution in [0.5, 0.6) is 0 Å². The summed E-state index contributed by atoms with van der Waals surface area (Å²) in [7, 11) is -4.80. The minimum Gasteiger partial charge on any atom is -0.394 e. The highest BCUT2D eigenvalue weighted by molar-refractivity contribution is 7.47.